The maximum absolute atomic E-state index is 13.0. The molecule has 0 unspecified atom stereocenters. The number of methoxy groups -OCH3 is 1. The van der Waals surface area contributed by atoms with Crippen molar-refractivity contribution >= 4 is 23.5 Å². The van der Waals surface area contributed by atoms with Gasteiger partial charge in [-0.3, -0.25) is 9.59 Å². The van der Waals surface area contributed by atoms with E-state index in [4.69, 9.17) is 15.2 Å². The first-order chi connectivity index (χ1) is 11.6. The third kappa shape index (κ3) is 2.38. The van der Waals surface area contributed by atoms with E-state index in [-0.39, 0.29) is 5.78 Å². The highest BCUT2D eigenvalue weighted by Gasteiger charge is 2.23. The molecule has 0 fully saturated rings. The van der Waals surface area contributed by atoms with Crippen LogP contribution >= 0.6 is 0 Å². The quantitative estimate of drug-likeness (QED) is 0.443. The van der Waals surface area contributed by atoms with Gasteiger partial charge in [0, 0.05) is 17.3 Å². The first-order valence-corrected chi connectivity index (χ1v) is 7.26. The Morgan fingerprint density at radius 1 is 1.25 bits per heavy atom. The molecule has 1 aromatic carbocycles. The molecule has 0 radical (unpaired) electrons. The second kappa shape index (κ2) is 6.08. The molecular formula is C18H16N2O4. The first kappa shape index (κ1) is 15.6. The average molecular weight is 324 g/mol. The summed E-state index contributed by atoms with van der Waals surface area (Å²) in [4.78, 5) is 23.8. The molecule has 3 rings (SSSR count). The van der Waals surface area contributed by atoms with Crippen LogP contribution < -0.4 is 15.2 Å². The van der Waals surface area contributed by atoms with Gasteiger partial charge in [-0.05, 0) is 37.3 Å². The fraction of sp³-hybridized carbons (Fsp3) is 0.111. The van der Waals surface area contributed by atoms with Gasteiger partial charge in [-0.2, -0.15) is 0 Å². The Bertz CT molecular complexity index is 944. The van der Waals surface area contributed by atoms with Crippen LogP contribution in [0.4, 0.5) is 5.69 Å². The fourth-order valence-corrected chi connectivity index (χ4v) is 2.77. The lowest BCUT2D eigenvalue weighted by Gasteiger charge is -2.08. The zero-order valence-corrected chi connectivity index (χ0v) is 13.3. The number of benzene rings is 1. The number of aromatic nitrogens is 1. The summed E-state index contributed by atoms with van der Waals surface area (Å²) in [5, 5.41) is 0. The molecule has 24 heavy (non-hydrogen) atoms. The lowest BCUT2D eigenvalue weighted by molar-refractivity contribution is -0.120. The van der Waals surface area contributed by atoms with Crippen LogP contribution in [0.1, 0.15) is 21.6 Å². The predicted octanol–water partition coefficient (Wildman–Crippen LogP) is 2.60. The summed E-state index contributed by atoms with van der Waals surface area (Å²) in [6.07, 6.45) is 1.75. The van der Waals surface area contributed by atoms with Gasteiger partial charge in [0.15, 0.2) is 5.75 Å². The Balaban J connectivity index is 2.20. The summed E-state index contributed by atoms with van der Waals surface area (Å²) in [6, 6.07) is 10.3. The molecule has 2 N–H and O–H groups in total. The molecule has 0 aliphatic carbocycles. The monoisotopic (exact) mass is 324 g/mol. The zero-order valence-electron chi connectivity index (χ0n) is 13.3. The minimum atomic E-state index is -0.215. The molecule has 2 heterocycles. The van der Waals surface area contributed by atoms with Gasteiger partial charge in [0.25, 0.3) is 6.47 Å². The molecule has 3 aromatic rings. The van der Waals surface area contributed by atoms with Gasteiger partial charge >= 0.3 is 0 Å². The topological polar surface area (TPSA) is 83.0 Å². The largest absolute Gasteiger partial charge is 0.495 e. The summed E-state index contributed by atoms with van der Waals surface area (Å²) in [7, 11) is 1.49. The molecule has 0 saturated heterocycles. The third-order valence-electron chi connectivity index (χ3n) is 3.91. The Hall–Kier alpha value is -3.28. The standard InChI is InChI=1S/C18H16N2O4/c1-11-16(17(22)12-6-7-13(19)15(9-12)23-2)20-8-4-3-5-14(20)18(11)24-10-21/h3-10H,19H2,1-2H3. The van der Waals surface area contributed by atoms with Crippen molar-refractivity contribution < 1.29 is 19.1 Å². The smallest absolute Gasteiger partial charge is 0.298 e. The highest BCUT2D eigenvalue weighted by molar-refractivity contribution is 6.11. The lowest BCUT2D eigenvalue weighted by Crippen LogP contribution is -2.07. The van der Waals surface area contributed by atoms with Gasteiger partial charge in [0.1, 0.15) is 11.4 Å². The minimum Gasteiger partial charge on any atom is -0.495 e. The van der Waals surface area contributed by atoms with Crippen LogP contribution in [-0.2, 0) is 4.79 Å². The number of pyridine rings is 1. The van der Waals surface area contributed by atoms with E-state index in [2.05, 4.69) is 0 Å². The molecule has 0 bridgehead atoms. The van der Waals surface area contributed by atoms with Crippen LogP contribution in [0.3, 0.4) is 0 Å². The van der Waals surface area contributed by atoms with Gasteiger partial charge in [0.2, 0.25) is 5.78 Å². The van der Waals surface area contributed by atoms with Crippen molar-refractivity contribution in [3.8, 4) is 11.5 Å². The van der Waals surface area contributed by atoms with E-state index >= 15 is 0 Å². The van der Waals surface area contributed by atoms with Crippen molar-refractivity contribution in [2.75, 3.05) is 12.8 Å². The number of nitrogen functional groups attached to an aromatic ring is 1. The number of ether oxygens (including phenoxy) is 2. The van der Waals surface area contributed by atoms with Crippen LogP contribution in [0.15, 0.2) is 42.6 Å². The highest BCUT2D eigenvalue weighted by Crippen LogP contribution is 2.32. The van der Waals surface area contributed by atoms with E-state index in [1.54, 1.807) is 47.9 Å². The van der Waals surface area contributed by atoms with Crippen molar-refractivity contribution in [3.05, 3.63) is 59.4 Å². The molecule has 6 nitrogen and oxygen atoms in total. The Labute approximate surface area is 138 Å². The second-order valence-electron chi connectivity index (χ2n) is 5.26. The average Bonchev–Trinajstić information content (AvgIpc) is 2.87. The normalized spacial score (nSPS) is 10.6. The predicted molar refractivity (Wildman–Crippen MR) is 89.7 cm³/mol. The van der Waals surface area contributed by atoms with E-state index in [0.717, 1.165) is 0 Å². The summed E-state index contributed by atoms with van der Waals surface area (Å²) < 4.78 is 12.0. The van der Waals surface area contributed by atoms with Gasteiger partial charge in [-0.25, -0.2) is 0 Å². The molecule has 0 spiro atoms. The third-order valence-corrected chi connectivity index (χ3v) is 3.91. The number of rotatable bonds is 5. The van der Waals surface area contributed by atoms with Crippen LogP contribution in [0.2, 0.25) is 0 Å². The first-order valence-electron chi connectivity index (χ1n) is 7.26. The molecule has 0 amide bonds. The number of ketones is 1. The highest BCUT2D eigenvalue weighted by atomic mass is 16.5. The summed E-state index contributed by atoms with van der Waals surface area (Å²) in [5.74, 6) is 0.591. The molecule has 2 aromatic heterocycles. The van der Waals surface area contributed by atoms with Crippen molar-refractivity contribution in [1.29, 1.82) is 0 Å². The number of fused-ring (bicyclic) bond motifs is 1. The Morgan fingerprint density at radius 3 is 2.75 bits per heavy atom. The van der Waals surface area contributed by atoms with Crippen molar-refractivity contribution in [1.82, 2.24) is 4.40 Å². The molecule has 0 atom stereocenters. The summed E-state index contributed by atoms with van der Waals surface area (Å²) in [6.45, 7) is 2.10. The Kier molecular flexibility index (Phi) is 3.95. The summed E-state index contributed by atoms with van der Waals surface area (Å²) in [5.41, 5.74) is 8.36. The molecule has 0 aliphatic rings. The number of nitrogens with zero attached hydrogens (tertiary/aromatic N) is 1. The van der Waals surface area contributed by atoms with Crippen molar-refractivity contribution in [2.45, 2.75) is 6.92 Å². The van der Waals surface area contributed by atoms with E-state index in [1.165, 1.54) is 7.11 Å². The molecule has 6 heteroatoms. The van der Waals surface area contributed by atoms with Crippen LogP contribution in [0.25, 0.3) is 5.52 Å². The van der Waals surface area contributed by atoms with Gasteiger partial charge in [-0.1, -0.05) is 6.07 Å². The van der Waals surface area contributed by atoms with E-state index in [1.807, 2.05) is 6.07 Å². The number of carbonyl (C=O) groups is 2. The maximum atomic E-state index is 13.0. The number of hydrogen-bond donors (Lipinski definition) is 1. The molecular weight excluding hydrogens is 308 g/mol. The van der Waals surface area contributed by atoms with Crippen molar-refractivity contribution in [2.24, 2.45) is 0 Å². The minimum absolute atomic E-state index is 0.215. The van der Waals surface area contributed by atoms with Crippen LogP contribution in [0, 0.1) is 6.92 Å². The maximum Gasteiger partial charge on any atom is 0.298 e. The number of nitrogens with two attached hydrogens (primary N) is 1. The van der Waals surface area contributed by atoms with Crippen LogP contribution in [-0.4, -0.2) is 23.8 Å². The van der Waals surface area contributed by atoms with Gasteiger partial charge < -0.3 is 19.6 Å². The Morgan fingerprint density at radius 2 is 2.04 bits per heavy atom. The molecule has 0 aliphatic heterocycles. The van der Waals surface area contributed by atoms with E-state index < -0.39 is 0 Å². The zero-order chi connectivity index (χ0) is 17.3. The van der Waals surface area contributed by atoms with Crippen molar-refractivity contribution in [3.63, 3.8) is 0 Å². The lowest BCUT2D eigenvalue weighted by atomic mass is 10.0. The van der Waals surface area contributed by atoms with Crippen LogP contribution in [0.5, 0.6) is 11.5 Å². The SMILES string of the molecule is COc1cc(C(=O)c2c(C)c(OC=O)c3ccccn23)ccc1N. The van der Waals surface area contributed by atoms with E-state index in [9.17, 15) is 9.59 Å². The second-order valence-corrected chi connectivity index (χ2v) is 5.26. The van der Waals surface area contributed by atoms with E-state index in [0.29, 0.717) is 46.0 Å². The molecule has 0 saturated carbocycles. The fourth-order valence-electron chi connectivity index (χ4n) is 2.77. The van der Waals surface area contributed by atoms with Gasteiger partial charge in [-0.15, -0.1) is 0 Å². The van der Waals surface area contributed by atoms with Gasteiger partial charge in [0.05, 0.1) is 18.3 Å². The molecule has 122 valence electrons. The number of anilines is 1. The number of hydrogen-bond acceptors (Lipinski definition) is 5. The summed E-state index contributed by atoms with van der Waals surface area (Å²) >= 11 is 0. The number of carbonyl (C=O) groups excluding carboxylic acids is 2.